The van der Waals surface area contributed by atoms with Gasteiger partial charge in [-0.25, -0.2) is 13.1 Å². The summed E-state index contributed by atoms with van der Waals surface area (Å²) in [5.41, 5.74) is 2.17. The van der Waals surface area contributed by atoms with Crippen molar-refractivity contribution in [2.45, 2.75) is 24.7 Å². The van der Waals surface area contributed by atoms with Crippen molar-refractivity contribution in [3.05, 3.63) is 48.0 Å². The maximum absolute atomic E-state index is 12.5. The van der Waals surface area contributed by atoms with Crippen LogP contribution >= 0.6 is 0 Å². The second kappa shape index (κ2) is 8.62. The zero-order chi connectivity index (χ0) is 21.0. The van der Waals surface area contributed by atoms with E-state index >= 15 is 0 Å². The summed E-state index contributed by atoms with van der Waals surface area (Å²) in [4.78, 5) is 25.4. The van der Waals surface area contributed by atoms with Crippen LogP contribution in [0.4, 0.5) is 11.4 Å². The van der Waals surface area contributed by atoms with E-state index < -0.39 is 10.0 Å². The molecule has 0 unspecified atom stereocenters. The number of hydrogen-bond donors (Lipinski definition) is 2. The van der Waals surface area contributed by atoms with Crippen LogP contribution in [0, 0.1) is 0 Å². The molecular formula is C20H23N3O5S. The Kier molecular flexibility index (Phi) is 6.19. The third-order valence-electron chi connectivity index (χ3n) is 4.65. The Balaban J connectivity index is 1.56. The quantitative estimate of drug-likeness (QED) is 0.716. The van der Waals surface area contributed by atoms with Gasteiger partial charge in [0.1, 0.15) is 5.75 Å². The van der Waals surface area contributed by atoms with Crippen LogP contribution < -0.4 is 19.7 Å². The van der Waals surface area contributed by atoms with Gasteiger partial charge in [0.25, 0.3) is 0 Å². The number of amides is 2. The minimum Gasteiger partial charge on any atom is -0.497 e. The molecule has 0 saturated carbocycles. The number of rotatable bonds is 7. The Labute approximate surface area is 169 Å². The summed E-state index contributed by atoms with van der Waals surface area (Å²) in [5.74, 6) is 0.306. The van der Waals surface area contributed by atoms with Crippen molar-refractivity contribution in [1.82, 2.24) is 4.72 Å². The molecule has 1 aliphatic heterocycles. The molecule has 0 bridgehead atoms. The minimum atomic E-state index is -3.75. The van der Waals surface area contributed by atoms with Crippen molar-refractivity contribution < 1.29 is 22.7 Å². The summed E-state index contributed by atoms with van der Waals surface area (Å²) < 4.78 is 32.5. The fourth-order valence-corrected chi connectivity index (χ4v) is 4.23. The summed E-state index contributed by atoms with van der Waals surface area (Å²) in [5, 5.41) is 2.70. The number of carbonyl (C=O) groups is 2. The zero-order valence-corrected chi connectivity index (χ0v) is 17.1. The molecule has 1 aliphatic rings. The van der Waals surface area contributed by atoms with Crippen LogP contribution in [0.3, 0.4) is 0 Å². The molecule has 2 amide bonds. The van der Waals surface area contributed by atoms with E-state index in [9.17, 15) is 18.0 Å². The molecule has 0 aliphatic carbocycles. The summed E-state index contributed by atoms with van der Waals surface area (Å²) in [7, 11) is -2.19. The first-order valence-corrected chi connectivity index (χ1v) is 10.6. The monoisotopic (exact) mass is 417 g/mol. The second-order valence-electron chi connectivity index (χ2n) is 6.64. The molecule has 8 nitrogen and oxygen atoms in total. The summed E-state index contributed by atoms with van der Waals surface area (Å²) >= 11 is 0. The second-order valence-corrected chi connectivity index (χ2v) is 8.40. The zero-order valence-electron chi connectivity index (χ0n) is 16.3. The van der Waals surface area contributed by atoms with Gasteiger partial charge in [0.15, 0.2) is 0 Å². The van der Waals surface area contributed by atoms with Gasteiger partial charge in [0, 0.05) is 37.8 Å². The smallest absolute Gasteiger partial charge is 0.240 e. The Morgan fingerprint density at radius 3 is 2.52 bits per heavy atom. The van der Waals surface area contributed by atoms with Crippen LogP contribution in [0.15, 0.2) is 47.4 Å². The number of fused-ring (bicyclic) bond motifs is 1. The van der Waals surface area contributed by atoms with Gasteiger partial charge in [0.2, 0.25) is 21.8 Å². The number of carbonyl (C=O) groups excluding carboxylic acids is 2. The van der Waals surface area contributed by atoms with E-state index in [2.05, 4.69) is 10.0 Å². The molecule has 0 radical (unpaired) electrons. The number of methoxy groups -OCH3 is 1. The van der Waals surface area contributed by atoms with Gasteiger partial charge in [-0.05, 0) is 54.4 Å². The Hall–Kier alpha value is -2.91. The number of nitrogens with one attached hydrogen (secondary N) is 2. The highest BCUT2D eigenvalue weighted by molar-refractivity contribution is 7.89. The van der Waals surface area contributed by atoms with E-state index in [1.54, 1.807) is 48.4 Å². The number of nitrogens with zero attached hydrogens (tertiary/aromatic N) is 1. The molecule has 3 rings (SSSR count). The highest BCUT2D eigenvalue weighted by atomic mass is 32.2. The molecule has 0 saturated heterocycles. The molecule has 154 valence electrons. The highest BCUT2D eigenvalue weighted by Crippen LogP contribution is 2.30. The number of anilines is 2. The molecule has 0 fully saturated rings. The first-order chi connectivity index (χ1) is 13.8. The topological polar surface area (TPSA) is 105 Å². The predicted molar refractivity (Wildman–Crippen MR) is 110 cm³/mol. The van der Waals surface area contributed by atoms with Crippen LogP contribution in [0.5, 0.6) is 5.75 Å². The normalized spacial score (nSPS) is 13.1. The lowest BCUT2D eigenvalue weighted by Crippen LogP contribution is -2.28. The molecule has 1 heterocycles. The summed E-state index contributed by atoms with van der Waals surface area (Å²) in [6.07, 6.45) is 0.608. The number of hydrogen-bond acceptors (Lipinski definition) is 5. The first-order valence-electron chi connectivity index (χ1n) is 9.15. The third-order valence-corrected chi connectivity index (χ3v) is 6.11. The molecule has 2 N–H and O–H groups in total. The van der Waals surface area contributed by atoms with Crippen LogP contribution in [-0.4, -0.2) is 40.4 Å². The lowest BCUT2D eigenvalue weighted by atomic mass is 10.2. The van der Waals surface area contributed by atoms with Gasteiger partial charge in [-0.3, -0.25) is 9.59 Å². The average molecular weight is 417 g/mol. The molecular weight excluding hydrogens is 394 g/mol. The molecule has 0 spiro atoms. The van der Waals surface area contributed by atoms with Crippen molar-refractivity contribution in [3.63, 3.8) is 0 Å². The van der Waals surface area contributed by atoms with Crippen molar-refractivity contribution in [2.75, 3.05) is 30.4 Å². The van der Waals surface area contributed by atoms with Crippen LogP contribution in [0.1, 0.15) is 18.9 Å². The standard InChI is InChI=1S/C20H23N3O5S/c1-14(24)23-12-10-15-13-18(7-8-19(15)23)29(26,27)21-11-9-20(25)22-16-3-5-17(28-2)6-4-16/h3-8,13,21H,9-12H2,1-2H3,(H,22,25). The largest absolute Gasteiger partial charge is 0.497 e. The third kappa shape index (κ3) is 4.93. The lowest BCUT2D eigenvalue weighted by molar-refractivity contribution is -0.117. The summed E-state index contributed by atoms with van der Waals surface area (Å²) in [6, 6.07) is 11.6. The van der Waals surface area contributed by atoms with Crippen LogP contribution in [0.2, 0.25) is 0 Å². The lowest BCUT2D eigenvalue weighted by Gasteiger charge is -2.15. The van der Waals surface area contributed by atoms with Gasteiger partial charge >= 0.3 is 0 Å². The van der Waals surface area contributed by atoms with E-state index in [4.69, 9.17) is 4.74 Å². The molecule has 0 atom stereocenters. The van der Waals surface area contributed by atoms with Gasteiger partial charge in [0.05, 0.1) is 12.0 Å². The molecule has 29 heavy (non-hydrogen) atoms. The van der Waals surface area contributed by atoms with Gasteiger partial charge in [-0.2, -0.15) is 0 Å². The highest BCUT2D eigenvalue weighted by Gasteiger charge is 2.24. The Bertz CT molecular complexity index is 1020. The van der Waals surface area contributed by atoms with Gasteiger partial charge in [-0.15, -0.1) is 0 Å². The van der Waals surface area contributed by atoms with Crippen molar-refractivity contribution >= 4 is 33.2 Å². The molecule has 0 aromatic heterocycles. The number of sulfonamides is 1. The maximum atomic E-state index is 12.5. The molecule has 9 heteroatoms. The van der Waals surface area contributed by atoms with Crippen molar-refractivity contribution in [1.29, 1.82) is 0 Å². The Morgan fingerprint density at radius 1 is 1.14 bits per heavy atom. The molecule has 2 aromatic rings. The fourth-order valence-electron chi connectivity index (χ4n) is 3.15. The first kappa shape index (κ1) is 20.8. The van der Waals surface area contributed by atoms with Gasteiger partial charge < -0.3 is 15.0 Å². The molecule has 2 aromatic carbocycles. The minimum absolute atomic E-state index is 0.00564. The van der Waals surface area contributed by atoms with Crippen molar-refractivity contribution in [3.8, 4) is 5.75 Å². The number of ether oxygens (including phenoxy) is 1. The van der Waals surface area contributed by atoms with Crippen LogP contribution in [-0.2, 0) is 26.0 Å². The predicted octanol–water partition coefficient (Wildman–Crippen LogP) is 1.91. The summed E-state index contributed by atoms with van der Waals surface area (Å²) in [6.45, 7) is 2.01. The average Bonchev–Trinajstić information content (AvgIpc) is 3.12. The number of benzene rings is 2. The van der Waals surface area contributed by atoms with Gasteiger partial charge in [-0.1, -0.05) is 0 Å². The van der Waals surface area contributed by atoms with E-state index in [-0.39, 0.29) is 29.7 Å². The maximum Gasteiger partial charge on any atom is 0.240 e. The van der Waals surface area contributed by atoms with E-state index in [1.165, 1.54) is 13.0 Å². The Morgan fingerprint density at radius 2 is 1.86 bits per heavy atom. The van der Waals surface area contributed by atoms with Crippen molar-refractivity contribution in [2.24, 2.45) is 0 Å². The van der Waals surface area contributed by atoms with Crippen LogP contribution in [0.25, 0.3) is 0 Å². The fraction of sp³-hybridized carbons (Fsp3) is 0.300. The van der Waals surface area contributed by atoms with E-state index in [0.29, 0.717) is 24.4 Å². The van der Waals surface area contributed by atoms with E-state index in [0.717, 1.165) is 11.3 Å². The SMILES string of the molecule is COc1ccc(NC(=O)CCNS(=O)(=O)c2ccc3c(c2)CCN3C(C)=O)cc1. The van der Waals surface area contributed by atoms with E-state index in [1.807, 2.05) is 0 Å².